The number of esters is 1. The molecule has 6 heteroatoms. The zero-order valence-electron chi connectivity index (χ0n) is 11.4. The van der Waals surface area contributed by atoms with Gasteiger partial charge in [-0.2, -0.15) is 0 Å². The quantitative estimate of drug-likeness (QED) is 0.343. The number of nitrogens with zero attached hydrogens (tertiary/aromatic N) is 1. The van der Waals surface area contributed by atoms with Crippen LogP contribution in [0.2, 0.25) is 0 Å². The topological polar surface area (TPSA) is 72.0 Å². The normalized spacial score (nSPS) is 10.4. The van der Waals surface area contributed by atoms with Gasteiger partial charge in [0.05, 0.1) is 12.4 Å². The molecule has 19 heavy (non-hydrogen) atoms. The molecule has 0 saturated heterocycles. The SMILES string of the molecule is CCCCCOC(=O)CSc1nc(CC)cc(=O)[nH]1. The number of aryl methyl sites for hydroxylation is 1. The van der Waals surface area contributed by atoms with Gasteiger partial charge in [-0.1, -0.05) is 38.5 Å². The fourth-order valence-electron chi connectivity index (χ4n) is 1.44. The zero-order valence-corrected chi connectivity index (χ0v) is 12.2. The Morgan fingerprint density at radius 3 is 2.89 bits per heavy atom. The number of unbranched alkanes of at least 4 members (excludes halogenated alkanes) is 2. The third-order valence-corrected chi connectivity index (χ3v) is 3.32. The van der Waals surface area contributed by atoms with E-state index in [1.54, 1.807) is 0 Å². The van der Waals surface area contributed by atoms with Gasteiger partial charge in [0, 0.05) is 11.8 Å². The molecule has 1 aromatic heterocycles. The summed E-state index contributed by atoms with van der Waals surface area (Å²) in [6.07, 6.45) is 3.75. The summed E-state index contributed by atoms with van der Waals surface area (Å²) >= 11 is 1.19. The monoisotopic (exact) mass is 284 g/mol. The van der Waals surface area contributed by atoms with Gasteiger partial charge in [0.25, 0.3) is 5.56 Å². The van der Waals surface area contributed by atoms with E-state index in [-0.39, 0.29) is 17.3 Å². The molecule has 0 aliphatic rings. The summed E-state index contributed by atoms with van der Waals surface area (Å²) in [4.78, 5) is 29.6. The van der Waals surface area contributed by atoms with Crippen molar-refractivity contribution < 1.29 is 9.53 Å². The molecule has 0 aliphatic heterocycles. The maximum Gasteiger partial charge on any atom is 0.316 e. The number of carbonyl (C=O) groups excluding carboxylic acids is 1. The molecule has 0 aromatic carbocycles. The van der Waals surface area contributed by atoms with E-state index in [1.165, 1.54) is 17.8 Å². The van der Waals surface area contributed by atoms with E-state index in [9.17, 15) is 9.59 Å². The average Bonchev–Trinajstić information content (AvgIpc) is 2.40. The fourth-order valence-corrected chi connectivity index (χ4v) is 2.13. The first-order valence-electron chi connectivity index (χ1n) is 6.54. The van der Waals surface area contributed by atoms with Gasteiger partial charge in [-0.25, -0.2) is 4.98 Å². The van der Waals surface area contributed by atoms with Crippen LogP contribution < -0.4 is 5.56 Å². The van der Waals surface area contributed by atoms with Crippen molar-refractivity contribution in [2.45, 2.75) is 44.7 Å². The van der Waals surface area contributed by atoms with Crippen LogP contribution in [0.3, 0.4) is 0 Å². The Hall–Kier alpha value is -1.30. The molecular formula is C13H20N2O3S. The van der Waals surface area contributed by atoms with Crippen LogP contribution in [0.4, 0.5) is 0 Å². The molecule has 1 N–H and O–H groups in total. The number of hydrogen-bond acceptors (Lipinski definition) is 5. The lowest BCUT2D eigenvalue weighted by Crippen LogP contribution is -2.12. The second-order valence-corrected chi connectivity index (χ2v) is 5.08. The number of hydrogen-bond donors (Lipinski definition) is 1. The molecule has 0 spiro atoms. The first-order chi connectivity index (χ1) is 9.15. The van der Waals surface area contributed by atoms with Crippen molar-refractivity contribution in [2.24, 2.45) is 0 Å². The van der Waals surface area contributed by atoms with Gasteiger partial charge in [-0.3, -0.25) is 9.59 Å². The molecule has 0 aliphatic carbocycles. The van der Waals surface area contributed by atoms with Gasteiger partial charge in [0.2, 0.25) is 0 Å². The van der Waals surface area contributed by atoms with E-state index >= 15 is 0 Å². The number of carbonyl (C=O) groups is 1. The van der Waals surface area contributed by atoms with Crippen LogP contribution in [-0.2, 0) is 16.0 Å². The van der Waals surface area contributed by atoms with Gasteiger partial charge in [0.15, 0.2) is 5.16 Å². The maximum atomic E-state index is 11.5. The van der Waals surface area contributed by atoms with Crippen molar-refractivity contribution in [2.75, 3.05) is 12.4 Å². The van der Waals surface area contributed by atoms with Crippen LogP contribution in [-0.4, -0.2) is 28.3 Å². The van der Waals surface area contributed by atoms with Crippen LogP contribution >= 0.6 is 11.8 Å². The van der Waals surface area contributed by atoms with Gasteiger partial charge in [-0.15, -0.1) is 0 Å². The van der Waals surface area contributed by atoms with Crippen LogP contribution in [0.15, 0.2) is 16.0 Å². The Morgan fingerprint density at radius 2 is 2.21 bits per heavy atom. The predicted octanol–water partition coefficient (Wildman–Crippen LogP) is 2.16. The van der Waals surface area contributed by atoms with Crippen molar-refractivity contribution in [1.82, 2.24) is 9.97 Å². The van der Waals surface area contributed by atoms with Crippen molar-refractivity contribution in [1.29, 1.82) is 0 Å². The van der Waals surface area contributed by atoms with Gasteiger partial charge in [0.1, 0.15) is 0 Å². The van der Waals surface area contributed by atoms with Crippen molar-refractivity contribution in [3.05, 3.63) is 22.1 Å². The molecule has 0 fully saturated rings. The molecule has 0 unspecified atom stereocenters. The Bertz CT molecular complexity index is 459. The number of aromatic nitrogens is 2. The van der Waals surface area contributed by atoms with E-state index in [2.05, 4.69) is 16.9 Å². The highest BCUT2D eigenvalue weighted by Crippen LogP contribution is 2.11. The Kier molecular flexibility index (Phi) is 7.25. The lowest BCUT2D eigenvalue weighted by Gasteiger charge is -2.04. The first-order valence-corrected chi connectivity index (χ1v) is 7.53. The predicted molar refractivity (Wildman–Crippen MR) is 75.4 cm³/mol. The summed E-state index contributed by atoms with van der Waals surface area (Å²) in [5.41, 5.74) is 0.535. The van der Waals surface area contributed by atoms with E-state index in [0.717, 1.165) is 25.0 Å². The lowest BCUT2D eigenvalue weighted by molar-refractivity contribution is -0.140. The molecule has 0 bridgehead atoms. The molecule has 0 saturated carbocycles. The summed E-state index contributed by atoms with van der Waals surface area (Å²) in [6, 6.07) is 1.47. The van der Waals surface area contributed by atoms with Crippen LogP contribution in [0.1, 0.15) is 38.8 Å². The van der Waals surface area contributed by atoms with E-state index in [4.69, 9.17) is 4.74 Å². The fraction of sp³-hybridized carbons (Fsp3) is 0.615. The van der Waals surface area contributed by atoms with Crippen LogP contribution in [0.5, 0.6) is 0 Å². The van der Waals surface area contributed by atoms with Crippen molar-refractivity contribution >= 4 is 17.7 Å². The number of thioether (sulfide) groups is 1. The molecule has 0 atom stereocenters. The Balaban J connectivity index is 2.37. The van der Waals surface area contributed by atoms with E-state index in [1.807, 2.05) is 6.92 Å². The van der Waals surface area contributed by atoms with Crippen molar-refractivity contribution in [3.63, 3.8) is 0 Å². The Labute approximate surface area is 117 Å². The standard InChI is InChI=1S/C13H20N2O3S/c1-3-5-6-7-18-12(17)9-19-13-14-10(4-2)8-11(16)15-13/h8H,3-7,9H2,1-2H3,(H,14,15,16). The minimum atomic E-state index is -0.273. The average molecular weight is 284 g/mol. The van der Waals surface area contributed by atoms with Crippen LogP contribution in [0, 0.1) is 0 Å². The summed E-state index contributed by atoms with van der Waals surface area (Å²) in [6.45, 7) is 4.49. The van der Waals surface area contributed by atoms with Crippen LogP contribution in [0.25, 0.3) is 0 Å². The summed E-state index contributed by atoms with van der Waals surface area (Å²) in [7, 11) is 0. The summed E-state index contributed by atoms with van der Waals surface area (Å²) in [5, 5.41) is 0.467. The second kappa shape index (κ2) is 8.74. The molecule has 1 aromatic rings. The van der Waals surface area contributed by atoms with E-state index in [0.29, 0.717) is 18.2 Å². The molecule has 1 heterocycles. The number of nitrogens with one attached hydrogen (secondary N) is 1. The van der Waals surface area contributed by atoms with Crippen molar-refractivity contribution in [3.8, 4) is 0 Å². The smallest absolute Gasteiger partial charge is 0.316 e. The van der Waals surface area contributed by atoms with Gasteiger partial charge < -0.3 is 9.72 Å². The number of H-pyrrole nitrogens is 1. The zero-order chi connectivity index (χ0) is 14.1. The lowest BCUT2D eigenvalue weighted by atomic mass is 10.3. The Morgan fingerprint density at radius 1 is 1.42 bits per heavy atom. The molecule has 0 radical (unpaired) electrons. The van der Waals surface area contributed by atoms with E-state index < -0.39 is 0 Å². The number of ether oxygens (including phenoxy) is 1. The molecule has 106 valence electrons. The molecule has 0 amide bonds. The van der Waals surface area contributed by atoms with Gasteiger partial charge >= 0.3 is 5.97 Å². The highest BCUT2D eigenvalue weighted by Gasteiger charge is 2.06. The minimum absolute atomic E-state index is 0.169. The summed E-state index contributed by atoms with van der Waals surface area (Å²) in [5.74, 6) is -0.104. The highest BCUT2D eigenvalue weighted by atomic mass is 32.2. The molecule has 1 rings (SSSR count). The first kappa shape index (κ1) is 15.8. The molecular weight excluding hydrogens is 264 g/mol. The number of rotatable bonds is 8. The molecule has 5 nitrogen and oxygen atoms in total. The largest absolute Gasteiger partial charge is 0.465 e. The minimum Gasteiger partial charge on any atom is -0.465 e. The third kappa shape index (κ3) is 6.42. The highest BCUT2D eigenvalue weighted by molar-refractivity contribution is 7.99. The summed E-state index contributed by atoms with van der Waals surface area (Å²) < 4.78 is 5.07. The maximum absolute atomic E-state index is 11.5. The number of aromatic amines is 1. The third-order valence-electron chi connectivity index (χ3n) is 2.47. The van der Waals surface area contributed by atoms with Gasteiger partial charge in [-0.05, 0) is 12.8 Å². The second-order valence-electron chi connectivity index (χ2n) is 4.11.